The first-order valence-corrected chi connectivity index (χ1v) is 6.68. The molecular formula is C13H11Cl2N3S. The maximum absolute atomic E-state index is 6.05. The van der Waals surface area contributed by atoms with Gasteiger partial charge in [0.2, 0.25) is 0 Å². The minimum absolute atomic E-state index is 0.370. The third-order valence-electron chi connectivity index (χ3n) is 2.52. The molecule has 19 heavy (non-hydrogen) atoms. The van der Waals surface area contributed by atoms with E-state index in [1.54, 1.807) is 18.3 Å². The minimum atomic E-state index is 0.370. The van der Waals surface area contributed by atoms with Crippen LogP contribution in [0.3, 0.4) is 0 Å². The van der Waals surface area contributed by atoms with E-state index >= 15 is 0 Å². The molecule has 0 saturated carbocycles. The van der Waals surface area contributed by atoms with Crippen LogP contribution in [0.1, 0.15) is 5.56 Å². The number of anilines is 2. The van der Waals surface area contributed by atoms with Gasteiger partial charge in [-0.25, -0.2) is 4.98 Å². The molecule has 0 unspecified atom stereocenters. The topological polar surface area (TPSA) is 37.0 Å². The highest BCUT2D eigenvalue weighted by molar-refractivity contribution is 7.80. The number of hydrogen-bond donors (Lipinski definition) is 2. The van der Waals surface area contributed by atoms with Crippen LogP contribution in [-0.2, 0) is 0 Å². The maximum Gasteiger partial charge on any atom is 0.175 e. The van der Waals surface area contributed by atoms with Gasteiger partial charge in [0.05, 0.1) is 5.69 Å². The van der Waals surface area contributed by atoms with Gasteiger partial charge in [0.1, 0.15) is 0 Å². The lowest BCUT2D eigenvalue weighted by Gasteiger charge is -2.13. The van der Waals surface area contributed by atoms with E-state index in [4.69, 9.17) is 35.4 Å². The summed E-state index contributed by atoms with van der Waals surface area (Å²) in [6.45, 7) is 1.92. The fourth-order valence-corrected chi connectivity index (χ4v) is 2.06. The van der Waals surface area contributed by atoms with Crippen LogP contribution >= 0.6 is 35.4 Å². The summed E-state index contributed by atoms with van der Waals surface area (Å²) in [6.07, 6.45) is 1.62. The second kappa shape index (κ2) is 6.19. The molecule has 1 aromatic carbocycles. The highest BCUT2D eigenvalue weighted by Crippen LogP contribution is 2.23. The van der Waals surface area contributed by atoms with Gasteiger partial charge < -0.3 is 10.6 Å². The Morgan fingerprint density at radius 2 is 1.79 bits per heavy atom. The molecule has 98 valence electrons. The molecule has 3 nitrogen and oxygen atoms in total. The Kier molecular flexibility index (Phi) is 4.58. The van der Waals surface area contributed by atoms with Crippen LogP contribution < -0.4 is 10.6 Å². The number of pyridine rings is 1. The first-order valence-electron chi connectivity index (χ1n) is 5.51. The van der Waals surface area contributed by atoms with E-state index in [0.29, 0.717) is 21.0 Å². The molecule has 0 aliphatic heterocycles. The highest BCUT2D eigenvalue weighted by atomic mass is 35.5. The summed E-state index contributed by atoms with van der Waals surface area (Å²) in [5, 5.41) is 7.55. The second-order valence-electron chi connectivity index (χ2n) is 3.83. The summed E-state index contributed by atoms with van der Waals surface area (Å²) >= 11 is 17.2. The van der Waals surface area contributed by atoms with E-state index in [9.17, 15) is 0 Å². The monoisotopic (exact) mass is 311 g/mol. The smallest absolute Gasteiger partial charge is 0.175 e. The molecule has 0 bridgehead atoms. The van der Waals surface area contributed by atoms with Crippen molar-refractivity contribution in [1.82, 2.24) is 4.98 Å². The molecule has 0 spiro atoms. The number of rotatable bonds is 2. The third-order valence-corrected chi connectivity index (χ3v) is 3.44. The zero-order chi connectivity index (χ0) is 13.8. The zero-order valence-electron chi connectivity index (χ0n) is 10.1. The highest BCUT2D eigenvalue weighted by Gasteiger charge is 2.06. The molecule has 0 aliphatic carbocycles. The first kappa shape index (κ1) is 14.1. The van der Waals surface area contributed by atoms with Gasteiger partial charge in [0.25, 0.3) is 0 Å². The predicted octanol–water partition coefficient (Wildman–Crippen LogP) is 4.51. The van der Waals surface area contributed by atoms with Crippen molar-refractivity contribution < 1.29 is 0 Å². The Morgan fingerprint density at radius 3 is 2.53 bits per heavy atom. The van der Waals surface area contributed by atoms with Crippen molar-refractivity contribution in [3.8, 4) is 0 Å². The number of aromatic nitrogens is 1. The van der Waals surface area contributed by atoms with Crippen LogP contribution in [0, 0.1) is 6.92 Å². The van der Waals surface area contributed by atoms with E-state index in [1.165, 1.54) is 0 Å². The fourth-order valence-electron chi connectivity index (χ4n) is 1.50. The largest absolute Gasteiger partial charge is 0.332 e. The normalized spacial score (nSPS) is 10.1. The standard InChI is InChI=1S/C13H11Cl2N3S/c1-8-9(14)4-2-5-10(8)17-13(19)18-11-6-3-7-16-12(11)15/h2-7H,1H3,(H2,17,18,19). The van der Waals surface area contributed by atoms with Gasteiger partial charge in [-0.05, 0) is 49.0 Å². The summed E-state index contributed by atoms with van der Waals surface area (Å²) in [6, 6.07) is 9.17. The second-order valence-corrected chi connectivity index (χ2v) is 5.01. The molecule has 0 amide bonds. The molecule has 0 fully saturated rings. The minimum Gasteiger partial charge on any atom is -0.332 e. The average Bonchev–Trinajstić information content (AvgIpc) is 2.38. The summed E-state index contributed by atoms with van der Waals surface area (Å²) in [7, 11) is 0. The lowest BCUT2D eigenvalue weighted by Crippen LogP contribution is -2.20. The van der Waals surface area contributed by atoms with Crippen molar-refractivity contribution in [2.75, 3.05) is 10.6 Å². The van der Waals surface area contributed by atoms with Crippen molar-refractivity contribution in [2.45, 2.75) is 6.92 Å². The Morgan fingerprint density at radius 1 is 1.11 bits per heavy atom. The van der Waals surface area contributed by atoms with Crippen LogP contribution in [-0.4, -0.2) is 10.1 Å². The van der Waals surface area contributed by atoms with Crippen molar-refractivity contribution >= 4 is 51.9 Å². The van der Waals surface area contributed by atoms with E-state index in [-0.39, 0.29) is 0 Å². The maximum atomic E-state index is 6.05. The molecule has 0 atom stereocenters. The van der Waals surface area contributed by atoms with E-state index in [0.717, 1.165) is 11.3 Å². The molecule has 0 saturated heterocycles. The quantitative estimate of drug-likeness (QED) is 0.632. The number of nitrogens with one attached hydrogen (secondary N) is 2. The van der Waals surface area contributed by atoms with Crippen molar-refractivity contribution in [2.24, 2.45) is 0 Å². The predicted molar refractivity (Wildman–Crippen MR) is 85.3 cm³/mol. The Bertz CT molecular complexity index is 617. The Hall–Kier alpha value is -1.36. The van der Waals surface area contributed by atoms with E-state index in [2.05, 4.69) is 15.6 Å². The molecule has 2 rings (SSSR count). The number of halogens is 2. The number of thiocarbonyl (C=S) groups is 1. The van der Waals surface area contributed by atoms with Gasteiger partial charge in [-0.1, -0.05) is 29.3 Å². The Labute approximate surface area is 127 Å². The fraction of sp³-hybridized carbons (Fsp3) is 0.0769. The third kappa shape index (κ3) is 3.56. The van der Waals surface area contributed by atoms with Gasteiger partial charge in [-0.2, -0.15) is 0 Å². The summed E-state index contributed by atoms with van der Waals surface area (Å²) in [5.41, 5.74) is 2.44. The van der Waals surface area contributed by atoms with Gasteiger partial charge in [0.15, 0.2) is 10.3 Å². The molecule has 6 heteroatoms. The average molecular weight is 312 g/mol. The number of benzene rings is 1. The lowest BCUT2D eigenvalue weighted by atomic mass is 10.2. The number of nitrogens with zero attached hydrogens (tertiary/aromatic N) is 1. The van der Waals surface area contributed by atoms with Crippen LogP contribution in [0.4, 0.5) is 11.4 Å². The van der Waals surface area contributed by atoms with Crippen LogP contribution in [0.15, 0.2) is 36.5 Å². The van der Waals surface area contributed by atoms with Crippen LogP contribution in [0.25, 0.3) is 0 Å². The van der Waals surface area contributed by atoms with Crippen LogP contribution in [0.2, 0.25) is 10.2 Å². The molecular weight excluding hydrogens is 301 g/mol. The molecule has 1 aromatic heterocycles. The molecule has 2 N–H and O–H groups in total. The summed E-state index contributed by atoms with van der Waals surface area (Å²) in [5.74, 6) is 0. The zero-order valence-corrected chi connectivity index (χ0v) is 12.4. The molecule has 0 radical (unpaired) electrons. The van der Waals surface area contributed by atoms with Gasteiger partial charge in [-0.15, -0.1) is 0 Å². The van der Waals surface area contributed by atoms with Gasteiger partial charge in [0, 0.05) is 16.9 Å². The van der Waals surface area contributed by atoms with Crippen molar-refractivity contribution in [3.63, 3.8) is 0 Å². The molecule has 1 heterocycles. The SMILES string of the molecule is Cc1c(Cl)cccc1NC(=S)Nc1cccnc1Cl. The van der Waals surface area contributed by atoms with Gasteiger partial charge >= 0.3 is 0 Å². The Balaban J connectivity index is 2.10. The summed E-state index contributed by atoms with van der Waals surface area (Å²) in [4.78, 5) is 3.97. The van der Waals surface area contributed by atoms with E-state index < -0.39 is 0 Å². The molecule has 2 aromatic rings. The molecule has 0 aliphatic rings. The summed E-state index contributed by atoms with van der Waals surface area (Å²) < 4.78 is 0. The number of hydrogen-bond acceptors (Lipinski definition) is 2. The first-order chi connectivity index (χ1) is 9.08. The lowest BCUT2D eigenvalue weighted by molar-refractivity contribution is 1.33. The van der Waals surface area contributed by atoms with E-state index in [1.807, 2.05) is 25.1 Å². The van der Waals surface area contributed by atoms with Crippen LogP contribution in [0.5, 0.6) is 0 Å². The van der Waals surface area contributed by atoms with Gasteiger partial charge in [-0.3, -0.25) is 0 Å². The van der Waals surface area contributed by atoms with Crippen molar-refractivity contribution in [3.05, 3.63) is 52.3 Å². The van der Waals surface area contributed by atoms with Crippen molar-refractivity contribution in [1.29, 1.82) is 0 Å².